The van der Waals surface area contributed by atoms with Crippen LogP contribution in [0.3, 0.4) is 0 Å². The van der Waals surface area contributed by atoms with Crippen LogP contribution in [-0.2, 0) is 17.8 Å². The zero-order chi connectivity index (χ0) is 20.6. The van der Waals surface area contributed by atoms with E-state index in [1.165, 1.54) is 0 Å². The fraction of sp³-hybridized carbons (Fsp3) is 0.136. The summed E-state index contributed by atoms with van der Waals surface area (Å²) in [5.74, 6) is -2.62. The lowest BCUT2D eigenvalue weighted by Crippen LogP contribution is -2.14. The third-order valence-corrected chi connectivity index (χ3v) is 5.07. The number of nitrogens with one attached hydrogen (secondary N) is 2. The first kappa shape index (κ1) is 21.1. The molecule has 150 valence electrons. The predicted molar refractivity (Wildman–Crippen MR) is 116 cm³/mol. The fourth-order valence-corrected chi connectivity index (χ4v) is 3.28. The van der Waals surface area contributed by atoms with Gasteiger partial charge in [0, 0.05) is 27.8 Å². The Morgan fingerprint density at radius 3 is 2.07 bits per heavy atom. The van der Waals surface area contributed by atoms with Gasteiger partial charge in [-0.3, -0.25) is 4.79 Å². The molecule has 0 bridgehead atoms. The van der Waals surface area contributed by atoms with E-state index in [9.17, 15) is 13.6 Å². The Bertz CT molecular complexity index is 933. The molecule has 29 heavy (non-hydrogen) atoms. The van der Waals surface area contributed by atoms with Crippen molar-refractivity contribution in [3.8, 4) is 0 Å². The second kappa shape index (κ2) is 10.3. The van der Waals surface area contributed by atoms with E-state index in [4.69, 9.17) is 11.6 Å². The molecule has 0 aliphatic heterocycles. The molecule has 0 atom stereocenters. The molecule has 0 aliphatic rings. The summed E-state index contributed by atoms with van der Waals surface area (Å²) in [7, 11) is 0. The molecule has 3 rings (SSSR count). The maximum absolute atomic E-state index is 12.3. The molecule has 3 nitrogen and oxygen atoms in total. The molecular formula is C22H19ClF2N2OS. The highest BCUT2D eigenvalue weighted by Crippen LogP contribution is 2.26. The number of benzene rings is 3. The molecule has 7 heteroatoms. The molecule has 0 aromatic heterocycles. The summed E-state index contributed by atoms with van der Waals surface area (Å²) in [5.41, 5.74) is 3.53. The van der Waals surface area contributed by atoms with Crippen molar-refractivity contribution in [3.63, 3.8) is 0 Å². The van der Waals surface area contributed by atoms with Crippen molar-refractivity contribution in [3.05, 3.63) is 88.9 Å². The van der Waals surface area contributed by atoms with Gasteiger partial charge in [-0.25, -0.2) is 0 Å². The number of thioether (sulfide) groups is 1. The van der Waals surface area contributed by atoms with Gasteiger partial charge < -0.3 is 10.6 Å². The molecular weight excluding hydrogens is 414 g/mol. The second-order valence-electron chi connectivity index (χ2n) is 6.30. The Balaban J connectivity index is 1.48. The molecule has 0 heterocycles. The Morgan fingerprint density at radius 1 is 0.862 bits per heavy atom. The van der Waals surface area contributed by atoms with Crippen molar-refractivity contribution in [1.82, 2.24) is 0 Å². The number of alkyl halides is 2. The molecule has 0 fully saturated rings. The zero-order valence-electron chi connectivity index (χ0n) is 15.4. The molecule has 3 aromatic carbocycles. The smallest absolute Gasteiger partial charge is 0.288 e. The van der Waals surface area contributed by atoms with E-state index in [0.717, 1.165) is 16.8 Å². The van der Waals surface area contributed by atoms with Gasteiger partial charge in [0.25, 0.3) is 5.76 Å². The summed E-state index contributed by atoms with van der Waals surface area (Å²) < 4.78 is 24.7. The SMILES string of the molecule is O=C(Cc1ccc(NCc2ccc(Cl)cc2)cc1)Nc1ccc(SC(F)F)cc1. The van der Waals surface area contributed by atoms with Crippen LogP contribution in [0.5, 0.6) is 0 Å². The third-order valence-electron chi connectivity index (χ3n) is 4.09. The summed E-state index contributed by atoms with van der Waals surface area (Å²) in [5, 5.41) is 6.80. The summed E-state index contributed by atoms with van der Waals surface area (Å²) in [6.45, 7) is 0.677. The number of carbonyl (C=O) groups is 1. The lowest BCUT2D eigenvalue weighted by molar-refractivity contribution is -0.115. The average Bonchev–Trinajstić information content (AvgIpc) is 2.70. The Labute approximate surface area is 177 Å². The van der Waals surface area contributed by atoms with Crippen LogP contribution in [0.25, 0.3) is 0 Å². The van der Waals surface area contributed by atoms with E-state index in [0.29, 0.717) is 33.9 Å². The lowest BCUT2D eigenvalue weighted by atomic mass is 10.1. The summed E-state index contributed by atoms with van der Waals surface area (Å²) >= 11 is 6.36. The van der Waals surface area contributed by atoms with Crippen LogP contribution >= 0.6 is 23.4 Å². The number of hydrogen-bond acceptors (Lipinski definition) is 3. The number of anilines is 2. The van der Waals surface area contributed by atoms with Gasteiger partial charge >= 0.3 is 0 Å². The maximum atomic E-state index is 12.3. The molecule has 0 spiro atoms. The highest BCUT2D eigenvalue weighted by atomic mass is 35.5. The van der Waals surface area contributed by atoms with E-state index in [1.54, 1.807) is 24.3 Å². The van der Waals surface area contributed by atoms with Crippen LogP contribution in [0.1, 0.15) is 11.1 Å². The Kier molecular flexibility index (Phi) is 7.49. The zero-order valence-corrected chi connectivity index (χ0v) is 16.9. The normalized spacial score (nSPS) is 10.8. The van der Waals surface area contributed by atoms with E-state index in [2.05, 4.69) is 10.6 Å². The molecule has 0 saturated carbocycles. The minimum absolute atomic E-state index is 0.166. The largest absolute Gasteiger partial charge is 0.381 e. The highest BCUT2D eigenvalue weighted by Gasteiger charge is 2.07. The number of rotatable bonds is 8. The topological polar surface area (TPSA) is 41.1 Å². The van der Waals surface area contributed by atoms with Crippen molar-refractivity contribution >= 4 is 40.6 Å². The molecule has 0 unspecified atom stereocenters. The predicted octanol–water partition coefficient (Wildman–Crippen LogP) is 6.45. The molecule has 0 radical (unpaired) electrons. The van der Waals surface area contributed by atoms with Gasteiger partial charge in [0.15, 0.2) is 0 Å². The Hall–Kier alpha value is -2.57. The summed E-state index contributed by atoms with van der Waals surface area (Å²) in [4.78, 5) is 12.7. The summed E-state index contributed by atoms with van der Waals surface area (Å²) in [6.07, 6.45) is 0.227. The molecule has 0 saturated heterocycles. The first-order valence-corrected chi connectivity index (χ1v) is 10.2. The van der Waals surface area contributed by atoms with Gasteiger partial charge in [-0.15, -0.1) is 0 Å². The monoisotopic (exact) mass is 432 g/mol. The van der Waals surface area contributed by atoms with Crippen LogP contribution in [0, 0.1) is 0 Å². The van der Waals surface area contributed by atoms with Crippen LogP contribution in [0.15, 0.2) is 77.7 Å². The first-order chi connectivity index (χ1) is 14.0. The van der Waals surface area contributed by atoms with E-state index >= 15 is 0 Å². The van der Waals surface area contributed by atoms with Gasteiger partial charge in [-0.1, -0.05) is 47.6 Å². The molecule has 0 aliphatic carbocycles. The van der Waals surface area contributed by atoms with Crippen LogP contribution < -0.4 is 10.6 Å². The van der Waals surface area contributed by atoms with Crippen LogP contribution in [0.2, 0.25) is 5.02 Å². The van der Waals surface area contributed by atoms with Crippen LogP contribution in [0.4, 0.5) is 20.2 Å². The van der Waals surface area contributed by atoms with Gasteiger partial charge in [0.05, 0.1) is 6.42 Å². The number of hydrogen-bond donors (Lipinski definition) is 2. The number of carbonyl (C=O) groups excluding carboxylic acids is 1. The number of halogens is 3. The van der Waals surface area contributed by atoms with E-state index < -0.39 is 5.76 Å². The standard InChI is InChI=1S/C22H19ClF2N2OS/c23-17-5-1-16(2-6-17)14-26-18-7-3-15(4-8-18)13-21(28)27-19-9-11-20(12-10-19)29-22(24)25/h1-12,22,26H,13-14H2,(H,27,28). The Morgan fingerprint density at radius 2 is 1.45 bits per heavy atom. The minimum atomic E-state index is -2.46. The summed E-state index contributed by atoms with van der Waals surface area (Å²) in [6, 6.07) is 21.6. The van der Waals surface area contributed by atoms with Gasteiger partial charge in [-0.05, 0) is 59.7 Å². The van der Waals surface area contributed by atoms with Crippen molar-refractivity contribution in [2.75, 3.05) is 10.6 Å². The van der Waals surface area contributed by atoms with E-state index in [1.807, 2.05) is 48.5 Å². The van der Waals surface area contributed by atoms with Crippen molar-refractivity contribution in [2.45, 2.75) is 23.6 Å². The second-order valence-corrected chi connectivity index (χ2v) is 7.80. The van der Waals surface area contributed by atoms with Gasteiger partial charge in [-0.2, -0.15) is 8.78 Å². The van der Waals surface area contributed by atoms with E-state index in [-0.39, 0.29) is 12.3 Å². The maximum Gasteiger partial charge on any atom is 0.288 e. The van der Waals surface area contributed by atoms with Crippen LogP contribution in [-0.4, -0.2) is 11.7 Å². The van der Waals surface area contributed by atoms with Crippen molar-refractivity contribution in [1.29, 1.82) is 0 Å². The molecule has 1 amide bonds. The third kappa shape index (κ3) is 7.07. The quantitative estimate of drug-likeness (QED) is 0.402. The van der Waals surface area contributed by atoms with Gasteiger partial charge in [0.2, 0.25) is 5.91 Å². The number of amides is 1. The van der Waals surface area contributed by atoms with Crippen molar-refractivity contribution in [2.24, 2.45) is 0 Å². The average molecular weight is 433 g/mol. The van der Waals surface area contributed by atoms with Crippen molar-refractivity contribution < 1.29 is 13.6 Å². The highest BCUT2D eigenvalue weighted by molar-refractivity contribution is 7.99. The first-order valence-electron chi connectivity index (χ1n) is 8.90. The fourth-order valence-electron chi connectivity index (χ4n) is 2.66. The molecule has 3 aromatic rings. The van der Waals surface area contributed by atoms with Gasteiger partial charge in [0.1, 0.15) is 0 Å². The molecule has 2 N–H and O–H groups in total. The lowest BCUT2D eigenvalue weighted by Gasteiger charge is -2.09. The minimum Gasteiger partial charge on any atom is -0.381 e.